The molecule has 0 unspecified atom stereocenters. The lowest BCUT2D eigenvalue weighted by atomic mass is 9.76. The Kier molecular flexibility index (Phi) is 60.8. The highest BCUT2D eigenvalue weighted by atomic mass is 16.5. The Morgan fingerprint density at radius 3 is 0.364 bits per heavy atom. The minimum Gasteiger partial charge on any atom is -0.481 e. The predicted molar refractivity (Wildman–Crippen MR) is 518 cm³/mol. The summed E-state index contributed by atoms with van der Waals surface area (Å²) in [6, 6.07) is 13.0. The van der Waals surface area contributed by atoms with Gasteiger partial charge in [0.25, 0.3) is 0 Å². The minimum atomic E-state index is -1.37. The molecule has 0 amide bonds. The van der Waals surface area contributed by atoms with Gasteiger partial charge in [-0.15, -0.1) is 0 Å². The van der Waals surface area contributed by atoms with E-state index in [0.717, 1.165) is 154 Å². The van der Waals surface area contributed by atoms with E-state index in [1.165, 1.54) is 178 Å². The lowest BCUT2D eigenvalue weighted by molar-refractivity contribution is -0.140. The van der Waals surface area contributed by atoms with Gasteiger partial charge >= 0.3 is 47.8 Å². The highest BCUT2D eigenvalue weighted by molar-refractivity contribution is 5.74. The Balaban J connectivity index is 2.03. The van der Waals surface area contributed by atoms with Crippen LogP contribution < -0.4 is 37.9 Å². The van der Waals surface area contributed by atoms with Crippen molar-refractivity contribution < 1.29 is 117 Å². The molecule has 0 spiro atoms. The van der Waals surface area contributed by atoms with E-state index in [9.17, 15) is 79.2 Å². The average molecular weight is 1850 g/mol. The molecule has 8 bridgehead atoms. The third-order valence-electron chi connectivity index (χ3n) is 25.8. The lowest BCUT2D eigenvalue weighted by Gasteiger charge is -2.32. The fraction of sp³-hybridized carbons (Fsp3) is 0.704. The van der Waals surface area contributed by atoms with Crippen LogP contribution in [0.3, 0.4) is 0 Å². The first-order valence-electron chi connectivity index (χ1n) is 51.6. The second-order valence-corrected chi connectivity index (χ2v) is 36.9. The monoisotopic (exact) mass is 1850 g/mol. The number of unbranched alkanes of at least 4 members (excludes halogenated alkanes) is 52. The van der Waals surface area contributed by atoms with E-state index in [-0.39, 0.29) is 71.7 Å². The summed E-state index contributed by atoms with van der Waals surface area (Å²) in [6.07, 6.45) is 59.3. The van der Waals surface area contributed by atoms with Crippen molar-refractivity contribution in [3.8, 4) is 46.0 Å². The van der Waals surface area contributed by atoms with Crippen LogP contribution in [0.25, 0.3) is 0 Å². The maximum atomic E-state index is 13.1. The number of aliphatic carboxylic acids is 8. The molecule has 8 N–H and O–H groups in total. The first-order chi connectivity index (χ1) is 64.1. The fourth-order valence-corrected chi connectivity index (χ4v) is 18.8. The Labute approximate surface area is 789 Å². The van der Waals surface area contributed by atoms with Crippen molar-refractivity contribution in [2.45, 2.75) is 437 Å². The molecule has 0 aromatic heterocycles. The van der Waals surface area contributed by atoms with Crippen molar-refractivity contribution in [3.63, 3.8) is 0 Å². The molecule has 0 radical (unpaired) electrons. The summed E-state index contributed by atoms with van der Waals surface area (Å²) >= 11 is 0. The molecule has 0 atom stereocenters. The van der Waals surface area contributed by atoms with Crippen LogP contribution in [0.5, 0.6) is 46.0 Å². The van der Waals surface area contributed by atoms with Gasteiger partial charge in [-0.2, -0.15) is 0 Å². The van der Waals surface area contributed by atoms with Gasteiger partial charge < -0.3 is 78.7 Å². The molecule has 0 saturated heterocycles. The van der Waals surface area contributed by atoms with Gasteiger partial charge in [0.1, 0.15) is 46.0 Å². The number of hydrogen-bond donors (Lipinski definition) is 8. The van der Waals surface area contributed by atoms with Gasteiger partial charge in [0.2, 0.25) is 0 Å². The zero-order chi connectivity index (χ0) is 95.6. The smallest absolute Gasteiger partial charge is 0.341 e. The molecule has 4 aromatic rings. The zero-order valence-electron chi connectivity index (χ0n) is 81.1. The van der Waals surface area contributed by atoms with Crippen LogP contribution in [0.15, 0.2) is 48.5 Å². The number of ether oxygens (including phenoxy) is 8. The zero-order valence-corrected chi connectivity index (χ0v) is 81.1. The number of rotatable bonds is 84. The van der Waals surface area contributed by atoms with Crippen LogP contribution in [0, 0.1) is 0 Å². The first-order valence-corrected chi connectivity index (χ1v) is 51.6. The van der Waals surface area contributed by atoms with E-state index < -0.39 is 124 Å². The molecule has 1 aliphatic carbocycles. The summed E-state index contributed by atoms with van der Waals surface area (Å²) in [7, 11) is 0. The topological polar surface area (TPSA) is 372 Å². The van der Waals surface area contributed by atoms with Gasteiger partial charge in [0, 0.05) is 92.4 Å². The largest absolute Gasteiger partial charge is 0.481 e. The molecule has 4 aromatic carbocycles. The number of carboxylic acid groups (broad SMARTS) is 8. The van der Waals surface area contributed by atoms with Crippen LogP contribution in [-0.2, 0) is 38.4 Å². The molecule has 5 rings (SSSR count). The number of fused-ring (bicyclic) bond motifs is 8. The Morgan fingerprint density at radius 1 is 0.167 bits per heavy atom. The highest BCUT2D eigenvalue weighted by Gasteiger charge is 2.37. The second-order valence-electron chi connectivity index (χ2n) is 36.9. The maximum Gasteiger partial charge on any atom is 0.341 e. The van der Waals surface area contributed by atoms with E-state index in [1.54, 1.807) is 24.3 Å². The molecule has 744 valence electrons. The summed E-state index contributed by atoms with van der Waals surface area (Å²) in [5.41, 5.74) is 2.51. The van der Waals surface area contributed by atoms with Crippen LogP contribution in [0.2, 0.25) is 0 Å². The summed E-state index contributed by atoms with van der Waals surface area (Å²) in [6.45, 7) is 1.52. The van der Waals surface area contributed by atoms with Gasteiger partial charge in [0.15, 0.2) is 52.9 Å². The number of hydrogen-bond acceptors (Lipinski definition) is 16. The molecular weight excluding hydrogens is 1680 g/mol. The molecule has 0 saturated carbocycles. The lowest BCUT2D eigenvalue weighted by Crippen LogP contribution is -2.20. The second kappa shape index (κ2) is 70.7. The summed E-state index contributed by atoms with van der Waals surface area (Å²) in [4.78, 5) is 105. The molecule has 24 heteroatoms. The molecule has 24 nitrogen and oxygen atoms in total. The quantitative estimate of drug-likeness (QED) is 0.0190. The van der Waals surface area contributed by atoms with E-state index in [0.29, 0.717) is 95.9 Å². The molecule has 0 fully saturated rings. The Morgan fingerprint density at radius 2 is 0.265 bits per heavy atom. The van der Waals surface area contributed by atoms with Crippen LogP contribution in [0.1, 0.15) is 481 Å². The van der Waals surface area contributed by atoms with Crippen molar-refractivity contribution in [1.82, 2.24) is 0 Å². The highest BCUT2D eigenvalue weighted by Crippen LogP contribution is 2.55. The summed E-state index contributed by atoms with van der Waals surface area (Å²) in [5, 5.41) is 85.6. The molecular formula is C108H168O24. The van der Waals surface area contributed by atoms with Gasteiger partial charge in [-0.25, -0.2) is 38.4 Å². The third-order valence-corrected chi connectivity index (χ3v) is 25.8. The van der Waals surface area contributed by atoms with Crippen LogP contribution in [0.4, 0.5) is 0 Å². The van der Waals surface area contributed by atoms with Gasteiger partial charge in [-0.3, -0.25) is 0 Å². The summed E-state index contributed by atoms with van der Waals surface area (Å²) in [5.74, 6) is -15.5. The fourth-order valence-electron chi connectivity index (χ4n) is 18.8. The Bertz CT molecular complexity index is 3250. The van der Waals surface area contributed by atoms with Gasteiger partial charge in [-0.1, -0.05) is 387 Å². The van der Waals surface area contributed by atoms with E-state index in [1.807, 2.05) is 0 Å². The number of carboxylic acids is 8. The standard InChI is InChI=1S/C108H168O24/c1-5-9-13-17-21-25-29-33-37-41-45-49-53-57-61-81-85-65-87(95(127-75-103(113)114)69-93(85)125-73-101(109)110)82(62-58-54-50-46-42-38-34-30-26-22-18-14-10-6-2)89-67-91(99(131-79-107(121)122)71-97(89)129-77-105(117)118)84(64-60-56-52-48-44-40-36-32-28-24-20-16-12-8-4)92-68-90(98(130-78-106(119)120)72-100(92)132-80-108(123)124)83(63-59-55-51-47-43-39-35-31-27-23-19-15-11-7-3)88-66-86(81)94(126-74-102(111)112)70-96(88)128-76-104(115)116/h65-72,81-84H,5-64,73-80H2,1-4H3,(H,109,110)(H,111,112)(H,113,114)(H,115,116)(H,117,118)(H,119,120)(H,121,122)(H,123,124). The summed E-state index contributed by atoms with van der Waals surface area (Å²) < 4.78 is 51.9. The van der Waals surface area contributed by atoms with Crippen molar-refractivity contribution in [3.05, 3.63) is 93.0 Å². The third kappa shape index (κ3) is 47.8. The Hall–Kier alpha value is -8.96. The predicted octanol–water partition coefficient (Wildman–Crippen LogP) is 27.7. The van der Waals surface area contributed by atoms with E-state index >= 15 is 0 Å². The number of benzene rings is 4. The average Bonchev–Trinajstić information content (AvgIpc) is 0.744. The molecule has 0 heterocycles. The molecule has 1 aliphatic rings. The maximum absolute atomic E-state index is 13.1. The van der Waals surface area contributed by atoms with Crippen molar-refractivity contribution in [2.75, 3.05) is 52.9 Å². The van der Waals surface area contributed by atoms with E-state index in [4.69, 9.17) is 37.9 Å². The van der Waals surface area contributed by atoms with Gasteiger partial charge in [0.05, 0.1) is 0 Å². The molecule has 132 heavy (non-hydrogen) atoms. The van der Waals surface area contributed by atoms with Crippen molar-refractivity contribution >= 4 is 47.8 Å². The first kappa shape index (κ1) is 114. The SMILES string of the molecule is CCCCCCCCCCCCCCCCC1c2cc(c(OCC(=O)O)cc2OCC(=O)O)C(CCCCCCCCCCCCCCCC)c2cc(c(OCC(=O)O)cc2OCC(=O)O)C(CCCCCCCCCCCCCCCC)c2cc(c(OCC(=O)O)cc2OCC(=O)O)C(CCCCCCCCCCCCCCCC)c2cc1c(OCC(=O)O)cc2OCC(=O)O. The van der Waals surface area contributed by atoms with Crippen LogP contribution >= 0.6 is 0 Å². The molecule has 0 aliphatic heterocycles. The number of carbonyl (C=O) groups is 8. The van der Waals surface area contributed by atoms with Gasteiger partial charge in [-0.05, 0) is 49.9 Å². The normalized spacial score (nSPS) is 14.0. The van der Waals surface area contributed by atoms with Crippen molar-refractivity contribution in [1.29, 1.82) is 0 Å². The van der Waals surface area contributed by atoms with Crippen LogP contribution in [-0.4, -0.2) is 141 Å². The van der Waals surface area contributed by atoms with E-state index in [2.05, 4.69) is 27.7 Å². The minimum absolute atomic E-state index is 0.0659. The van der Waals surface area contributed by atoms with Crippen molar-refractivity contribution in [2.24, 2.45) is 0 Å².